The van der Waals surface area contributed by atoms with E-state index in [-0.39, 0.29) is 17.1 Å². The van der Waals surface area contributed by atoms with Gasteiger partial charge in [0.1, 0.15) is 5.75 Å². The monoisotopic (exact) mass is 511 g/mol. The van der Waals surface area contributed by atoms with Gasteiger partial charge in [-0.15, -0.1) is 11.8 Å². The van der Waals surface area contributed by atoms with Crippen LogP contribution in [0.25, 0.3) is 11.1 Å². The van der Waals surface area contributed by atoms with Gasteiger partial charge in [-0.3, -0.25) is 19.4 Å². The minimum Gasteiger partial charge on any atom is -0.491 e. The van der Waals surface area contributed by atoms with Crippen LogP contribution in [0.15, 0.2) is 30.6 Å². The molecule has 0 aliphatic carbocycles. The number of carbonyl (C=O) groups excluding carboxylic acids is 3. The van der Waals surface area contributed by atoms with Crippen molar-refractivity contribution in [2.75, 3.05) is 12.9 Å². The van der Waals surface area contributed by atoms with Crippen molar-refractivity contribution in [3.05, 3.63) is 42.2 Å². The number of rotatable bonds is 7. The Morgan fingerprint density at radius 1 is 0.886 bits per heavy atom. The van der Waals surface area contributed by atoms with Gasteiger partial charge < -0.3 is 23.7 Å². The summed E-state index contributed by atoms with van der Waals surface area (Å²) in [5, 5.41) is 0. The van der Waals surface area contributed by atoms with Crippen LogP contribution in [-0.2, 0) is 28.6 Å². The Labute approximate surface area is 204 Å². The molecule has 12 heteroatoms. The number of benzene rings is 1. The molecule has 0 N–H and O–H groups in total. The second kappa shape index (κ2) is 11.3. The predicted molar refractivity (Wildman–Crippen MR) is 120 cm³/mol. The first-order valence-corrected chi connectivity index (χ1v) is 11.4. The second-order valence-electron chi connectivity index (χ2n) is 7.50. The van der Waals surface area contributed by atoms with Crippen LogP contribution in [0.2, 0.25) is 0 Å². The highest BCUT2D eigenvalue weighted by molar-refractivity contribution is 7.99. The Morgan fingerprint density at radius 2 is 1.49 bits per heavy atom. The number of thioether (sulfide) groups is 1. The van der Waals surface area contributed by atoms with Crippen molar-refractivity contribution in [3.63, 3.8) is 0 Å². The lowest BCUT2D eigenvalue weighted by Crippen LogP contribution is -2.55. The molecule has 0 bridgehead atoms. The number of esters is 3. The van der Waals surface area contributed by atoms with Crippen molar-refractivity contribution >= 4 is 29.7 Å². The number of ether oxygens (including phenoxy) is 5. The summed E-state index contributed by atoms with van der Waals surface area (Å²) in [6.07, 6.45) is -0.361. The maximum atomic E-state index is 14.2. The Balaban J connectivity index is 1.89. The quantitative estimate of drug-likeness (QED) is 0.406. The third-order valence-corrected chi connectivity index (χ3v) is 6.02. The van der Waals surface area contributed by atoms with Gasteiger partial charge in [0.15, 0.2) is 41.1 Å². The standard InChI is InChI=1S/C23H23F2NO8S/c1-11(27)31-19-10-35-23(22(33-13(3)29)21(19)32-12(2)28)34-16-5-15(8-26-9-16)14-6-17(24)20(30-4)18(25)7-14/h5-9,19,21-23H,10H2,1-4H3/t19-,21+,22-,23-/m1/s1. The van der Waals surface area contributed by atoms with Crippen LogP contribution in [0, 0.1) is 11.6 Å². The highest BCUT2D eigenvalue weighted by Gasteiger charge is 2.47. The fraction of sp³-hybridized carbons (Fsp3) is 0.391. The van der Waals surface area contributed by atoms with Crippen LogP contribution < -0.4 is 9.47 Å². The number of halogens is 2. The van der Waals surface area contributed by atoms with Crippen LogP contribution in [0.1, 0.15) is 20.8 Å². The molecule has 0 unspecified atom stereocenters. The molecule has 0 radical (unpaired) electrons. The molecular weight excluding hydrogens is 488 g/mol. The molecule has 1 aliphatic rings. The summed E-state index contributed by atoms with van der Waals surface area (Å²) < 4.78 is 55.0. The van der Waals surface area contributed by atoms with Crippen LogP contribution >= 0.6 is 11.8 Å². The Kier molecular flexibility index (Phi) is 8.49. The van der Waals surface area contributed by atoms with Gasteiger partial charge in [0.25, 0.3) is 0 Å². The molecule has 0 spiro atoms. The van der Waals surface area contributed by atoms with Gasteiger partial charge in [0.05, 0.1) is 13.3 Å². The van der Waals surface area contributed by atoms with Crippen molar-refractivity contribution in [2.45, 2.75) is 44.5 Å². The smallest absolute Gasteiger partial charge is 0.303 e. The Bertz CT molecular complexity index is 1090. The van der Waals surface area contributed by atoms with Crippen molar-refractivity contribution < 1.29 is 46.8 Å². The third-order valence-electron chi connectivity index (χ3n) is 4.81. The summed E-state index contributed by atoms with van der Waals surface area (Å²) in [6, 6.07) is 3.69. The summed E-state index contributed by atoms with van der Waals surface area (Å²) in [6.45, 7) is 3.56. The lowest BCUT2D eigenvalue weighted by molar-refractivity contribution is -0.186. The van der Waals surface area contributed by atoms with Gasteiger partial charge >= 0.3 is 17.9 Å². The maximum absolute atomic E-state index is 14.2. The van der Waals surface area contributed by atoms with E-state index in [9.17, 15) is 23.2 Å². The average Bonchev–Trinajstić information content (AvgIpc) is 2.76. The zero-order valence-corrected chi connectivity index (χ0v) is 20.1. The molecular formula is C23H23F2NO8S. The number of aromatic nitrogens is 1. The first-order valence-electron chi connectivity index (χ1n) is 10.4. The zero-order chi connectivity index (χ0) is 25.7. The van der Waals surface area contributed by atoms with Crippen molar-refractivity contribution in [1.82, 2.24) is 4.98 Å². The Morgan fingerprint density at radius 3 is 2.06 bits per heavy atom. The van der Waals surface area contributed by atoms with E-state index in [0.717, 1.165) is 19.2 Å². The maximum Gasteiger partial charge on any atom is 0.303 e. The summed E-state index contributed by atoms with van der Waals surface area (Å²) in [5.74, 6) is -3.81. The van der Waals surface area contributed by atoms with E-state index in [2.05, 4.69) is 4.98 Å². The van der Waals surface area contributed by atoms with Gasteiger partial charge in [0, 0.05) is 38.3 Å². The van der Waals surface area contributed by atoms with E-state index in [0.29, 0.717) is 5.56 Å². The first-order chi connectivity index (χ1) is 16.6. The van der Waals surface area contributed by atoms with E-state index in [1.54, 1.807) is 0 Å². The highest BCUT2D eigenvalue weighted by atomic mass is 32.2. The van der Waals surface area contributed by atoms with Gasteiger partial charge in [-0.05, 0) is 23.8 Å². The number of methoxy groups -OCH3 is 1. The molecule has 1 aromatic carbocycles. The molecule has 0 amide bonds. The van der Waals surface area contributed by atoms with Gasteiger partial charge in [-0.1, -0.05) is 0 Å². The summed E-state index contributed by atoms with van der Waals surface area (Å²) in [7, 11) is 1.16. The lowest BCUT2D eigenvalue weighted by Gasteiger charge is -2.39. The van der Waals surface area contributed by atoms with Gasteiger partial charge in [-0.25, -0.2) is 8.78 Å². The topological polar surface area (TPSA) is 110 Å². The minimum atomic E-state index is -1.13. The average molecular weight is 511 g/mol. The molecule has 9 nitrogen and oxygen atoms in total. The minimum absolute atomic E-state index is 0.183. The largest absolute Gasteiger partial charge is 0.491 e. The molecule has 3 rings (SSSR count). The highest BCUT2D eigenvalue weighted by Crippen LogP contribution is 2.35. The fourth-order valence-corrected chi connectivity index (χ4v) is 4.72. The number of nitrogens with zero attached hydrogens (tertiary/aromatic N) is 1. The SMILES string of the molecule is COc1c(F)cc(-c2cncc(O[C@@H]3SC[C@@H](OC(C)=O)[C@H](OC(C)=O)[C@H]3OC(C)=O)c2)cc1F. The third kappa shape index (κ3) is 6.59. The van der Waals surface area contributed by atoms with E-state index in [1.165, 1.54) is 51.0 Å². The molecule has 1 aromatic heterocycles. The van der Waals surface area contributed by atoms with E-state index >= 15 is 0 Å². The molecule has 2 heterocycles. The van der Waals surface area contributed by atoms with E-state index in [1.807, 2.05) is 0 Å². The zero-order valence-electron chi connectivity index (χ0n) is 19.3. The lowest BCUT2D eigenvalue weighted by atomic mass is 10.1. The molecule has 4 atom stereocenters. The predicted octanol–water partition coefficient (Wildman–Crippen LogP) is 3.28. The number of hydrogen-bond acceptors (Lipinski definition) is 10. The van der Waals surface area contributed by atoms with Crippen molar-refractivity contribution in [1.29, 1.82) is 0 Å². The summed E-state index contributed by atoms with van der Waals surface area (Å²) >= 11 is 1.17. The summed E-state index contributed by atoms with van der Waals surface area (Å²) in [5.41, 5.74) is -0.335. The number of carbonyl (C=O) groups is 3. The van der Waals surface area contributed by atoms with Gasteiger partial charge in [-0.2, -0.15) is 0 Å². The van der Waals surface area contributed by atoms with E-state index in [4.69, 9.17) is 23.7 Å². The normalized spacial score (nSPS) is 21.5. The molecule has 0 saturated carbocycles. The van der Waals surface area contributed by atoms with Crippen LogP contribution in [-0.4, -0.2) is 59.5 Å². The number of hydrogen-bond donors (Lipinski definition) is 0. The van der Waals surface area contributed by atoms with Crippen LogP contribution in [0.3, 0.4) is 0 Å². The van der Waals surface area contributed by atoms with Crippen LogP contribution in [0.4, 0.5) is 8.78 Å². The fourth-order valence-electron chi connectivity index (χ4n) is 3.51. The van der Waals surface area contributed by atoms with Gasteiger partial charge in [0.2, 0.25) is 0 Å². The second-order valence-corrected chi connectivity index (χ2v) is 8.63. The van der Waals surface area contributed by atoms with Crippen molar-refractivity contribution in [2.24, 2.45) is 0 Å². The molecule has 1 fully saturated rings. The van der Waals surface area contributed by atoms with Crippen molar-refractivity contribution in [3.8, 4) is 22.6 Å². The molecule has 35 heavy (non-hydrogen) atoms. The summed E-state index contributed by atoms with van der Waals surface area (Å²) in [4.78, 5) is 39.1. The molecule has 1 aliphatic heterocycles. The molecule has 2 aromatic rings. The number of pyridine rings is 1. The van der Waals surface area contributed by atoms with E-state index < -0.39 is 59.0 Å². The van der Waals surface area contributed by atoms with Crippen LogP contribution in [0.5, 0.6) is 11.5 Å². The Hall–Kier alpha value is -3.41. The first kappa shape index (κ1) is 26.2. The molecule has 188 valence electrons. The molecule has 1 saturated heterocycles.